The summed E-state index contributed by atoms with van der Waals surface area (Å²) in [6.07, 6.45) is 36.5. The average Bonchev–Trinajstić information content (AvgIpc) is 3.25. The van der Waals surface area contributed by atoms with Crippen molar-refractivity contribution in [2.75, 3.05) is 0 Å². The molecule has 8 heteroatoms. The van der Waals surface area contributed by atoms with E-state index in [2.05, 4.69) is 55.4 Å². The molecule has 0 aliphatic rings. The zero-order chi connectivity index (χ0) is 46.3. The Kier molecular flexibility index (Phi) is 48.3. The van der Waals surface area contributed by atoms with Gasteiger partial charge in [0.15, 0.2) is 0 Å². The molecule has 0 spiro atoms. The van der Waals surface area contributed by atoms with Gasteiger partial charge in [-0.25, -0.2) is 0 Å². The maximum atomic E-state index is 12.7. The Labute approximate surface area is 384 Å². The van der Waals surface area contributed by atoms with E-state index >= 15 is 0 Å². The molecule has 368 valence electrons. The Morgan fingerprint density at radius 1 is 0.242 bits per heavy atom. The van der Waals surface area contributed by atoms with Crippen LogP contribution in [0.5, 0.6) is 0 Å². The highest BCUT2D eigenvalue weighted by Gasteiger charge is 2.29. The molecule has 0 fully saturated rings. The van der Waals surface area contributed by atoms with E-state index in [4.69, 9.17) is 18.9 Å². The largest absolute Gasteiger partial charge is 0.458 e. The third-order valence-electron chi connectivity index (χ3n) is 11.8. The third kappa shape index (κ3) is 40.6. The molecule has 0 rings (SSSR count). The molecule has 8 nitrogen and oxygen atoms in total. The van der Waals surface area contributed by atoms with Crippen LogP contribution in [0.25, 0.3) is 0 Å². The highest BCUT2D eigenvalue weighted by Crippen LogP contribution is 2.23. The van der Waals surface area contributed by atoms with E-state index in [-0.39, 0.29) is 48.3 Å². The highest BCUT2D eigenvalue weighted by atomic mass is 16.6. The van der Waals surface area contributed by atoms with Crippen LogP contribution < -0.4 is 0 Å². The van der Waals surface area contributed by atoms with Gasteiger partial charge < -0.3 is 18.9 Å². The molecule has 0 aromatic rings. The van der Waals surface area contributed by atoms with Gasteiger partial charge >= 0.3 is 23.9 Å². The molecule has 0 aromatic carbocycles. The summed E-state index contributed by atoms with van der Waals surface area (Å²) < 4.78 is 23.7. The van der Waals surface area contributed by atoms with Crippen LogP contribution in [0, 0.1) is 0 Å². The summed E-state index contributed by atoms with van der Waals surface area (Å²) in [5, 5.41) is 0. The minimum Gasteiger partial charge on any atom is -0.458 e. The van der Waals surface area contributed by atoms with E-state index in [1.807, 2.05) is 0 Å². The van der Waals surface area contributed by atoms with Crippen LogP contribution in [0.1, 0.15) is 299 Å². The number of carbonyl (C=O) groups excluding carboxylic acids is 4. The van der Waals surface area contributed by atoms with Gasteiger partial charge in [-0.1, -0.05) is 197 Å². The summed E-state index contributed by atoms with van der Waals surface area (Å²) in [5.74, 6) is -0.521. The van der Waals surface area contributed by atoms with Gasteiger partial charge in [0.05, 0.1) is 0 Å². The third-order valence-corrected chi connectivity index (χ3v) is 11.8. The molecule has 0 radical (unpaired) electrons. The van der Waals surface area contributed by atoms with Gasteiger partial charge in [0.25, 0.3) is 0 Å². The molecule has 0 aliphatic heterocycles. The van der Waals surface area contributed by atoms with E-state index in [0.717, 1.165) is 154 Å². The summed E-state index contributed by atoms with van der Waals surface area (Å²) >= 11 is 0. The van der Waals surface area contributed by atoms with E-state index in [1.165, 1.54) is 64.2 Å². The lowest BCUT2D eigenvalue weighted by Gasteiger charge is -2.27. The van der Waals surface area contributed by atoms with Crippen LogP contribution in [-0.4, -0.2) is 48.3 Å². The Morgan fingerprint density at radius 3 is 0.645 bits per heavy atom. The predicted molar refractivity (Wildman–Crippen MR) is 260 cm³/mol. The summed E-state index contributed by atoms with van der Waals surface area (Å²) in [5.41, 5.74) is 0. The number of ether oxygens (including phenoxy) is 4. The molecule has 0 aliphatic carbocycles. The Bertz CT molecular complexity index is 921. The fourth-order valence-electron chi connectivity index (χ4n) is 7.71. The molecule has 62 heavy (non-hydrogen) atoms. The molecule has 4 unspecified atom stereocenters. The lowest BCUT2D eigenvalue weighted by Crippen LogP contribution is -2.35. The minimum absolute atomic E-state index is 0.119. The first-order chi connectivity index (χ1) is 30.2. The standard InChI is InChI=1S/C30H58O4.C24H46O4/c1-5-9-13-17-21-25-29(31)33-27(23-19-15-11-7-3)28(24-20-16-12-8-4)34-30(32)26-22-18-14-10-6-2;1-5-9-13-17-21(27-23(25)19-15-11-7-3)22(18-14-10-6-2)28-24(26)20-16-12-8-4/h27-28H,5-26H2,1-4H3;21-22H,5-20H2,1-4H3. The first kappa shape index (κ1) is 62.0. The minimum atomic E-state index is -0.300. The average molecular weight is 881 g/mol. The predicted octanol–water partition coefficient (Wildman–Crippen LogP) is 16.6. The van der Waals surface area contributed by atoms with Gasteiger partial charge in [-0.15, -0.1) is 0 Å². The van der Waals surface area contributed by atoms with Crippen molar-refractivity contribution < 1.29 is 38.1 Å². The Hall–Kier alpha value is -2.12. The lowest BCUT2D eigenvalue weighted by molar-refractivity contribution is -0.169. The summed E-state index contributed by atoms with van der Waals surface area (Å²) in [6.45, 7) is 17.4. The van der Waals surface area contributed by atoms with Crippen LogP contribution >= 0.6 is 0 Å². The SMILES string of the molecule is CCCCCC(=O)OC(CCCCC)C(CCCCC)OC(=O)CCCCC.CCCCCCCC(=O)OC(CCCCCC)C(CCCCCC)OC(=O)CCCCCCC. The summed E-state index contributed by atoms with van der Waals surface area (Å²) in [7, 11) is 0. The molecular formula is C54H104O8. The Balaban J connectivity index is 0. The number of hydrogen-bond acceptors (Lipinski definition) is 8. The number of esters is 4. The van der Waals surface area contributed by atoms with E-state index in [1.54, 1.807) is 0 Å². The fourth-order valence-corrected chi connectivity index (χ4v) is 7.71. The molecule has 0 heterocycles. The normalized spacial score (nSPS) is 13.0. The molecule has 0 saturated carbocycles. The Morgan fingerprint density at radius 2 is 0.403 bits per heavy atom. The van der Waals surface area contributed by atoms with Crippen LogP contribution in [-0.2, 0) is 38.1 Å². The van der Waals surface area contributed by atoms with Crippen LogP contribution in [0.3, 0.4) is 0 Å². The summed E-state index contributed by atoms with van der Waals surface area (Å²) in [6, 6.07) is 0. The van der Waals surface area contributed by atoms with E-state index in [0.29, 0.717) is 25.7 Å². The number of hydrogen-bond donors (Lipinski definition) is 0. The molecule has 0 bridgehead atoms. The van der Waals surface area contributed by atoms with Crippen molar-refractivity contribution in [2.45, 2.75) is 324 Å². The van der Waals surface area contributed by atoms with Crippen molar-refractivity contribution in [3.63, 3.8) is 0 Å². The smallest absolute Gasteiger partial charge is 0.306 e. The van der Waals surface area contributed by atoms with Gasteiger partial charge in [-0.05, 0) is 77.0 Å². The first-order valence-corrected chi connectivity index (χ1v) is 26.9. The first-order valence-electron chi connectivity index (χ1n) is 26.9. The van der Waals surface area contributed by atoms with Crippen LogP contribution in [0.2, 0.25) is 0 Å². The molecule has 4 atom stereocenters. The van der Waals surface area contributed by atoms with Crippen molar-refractivity contribution in [2.24, 2.45) is 0 Å². The molecule has 0 saturated heterocycles. The van der Waals surface area contributed by atoms with Gasteiger partial charge in [0.2, 0.25) is 0 Å². The topological polar surface area (TPSA) is 105 Å². The maximum Gasteiger partial charge on any atom is 0.306 e. The monoisotopic (exact) mass is 881 g/mol. The maximum absolute atomic E-state index is 12.7. The lowest BCUT2D eigenvalue weighted by atomic mass is 9.99. The summed E-state index contributed by atoms with van der Waals surface area (Å²) in [4.78, 5) is 50.0. The van der Waals surface area contributed by atoms with Crippen molar-refractivity contribution in [3.05, 3.63) is 0 Å². The fraction of sp³-hybridized carbons (Fsp3) is 0.926. The zero-order valence-electron chi connectivity index (χ0n) is 42.4. The molecular weight excluding hydrogens is 777 g/mol. The molecule has 0 N–H and O–H groups in total. The van der Waals surface area contributed by atoms with Crippen LogP contribution in [0.15, 0.2) is 0 Å². The van der Waals surface area contributed by atoms with Crippen molar-refractivity contribution in [1.82, 2.24) is 0 Å². The van der Waals surface area contributed by atoms with Crippen molar-refractivity contribution >= 4 is 23.9 Å². The second kappa shape index (κ2) is 48.3. The number of carbonyl (C=O) groups is 4. The van der Waals surface area contributed by atoms with Gasteiger partial charge in [-0.3, -0.25) is 19.2 Å². The van der Waals surface area contributed by atoms with Crippen molar-refractivity contribution in [1.29, 1.82) is 0 Å². The van der Waals surface area contributed by atoms with Gasteiger partial charge in [0, 0.05) is 25.7 Å². The zero-order valence-corrected chi connectivity index (χ0v) is 42.4. The van der Waals surface area contributed by atoms with Gasteiger partial charge in [-0.2, -0.15) is 0 Å². The van der Waals surface area contributed by atoms with Gasteiger partial charge in [0.1, 0.15) is 24.4 Å². The molecule has 0 aromatic heterocycles. The second-order valence-corrected chi connectivity index (χ2v) is 18.0. The van der Waals surface area contributed by atoms with Crippen LogP contribution in [0.4, 0.5) is 0 Å². The quantitative estimate of drug-likeness (QED) is 0.0338. The van der Waals surface area contributed by atoms with E-state index in [9.17, 15) is 19.2 Å². The number of rotatable bonds is 44. The number of unbranched alkanes of at least 4 members (excludes halogenated alkanes) is 22. The van der Waals surface area contributed by atoms with Crippen molar-refractivity contribution in [3.8, 4) is 0 Å². The molecule has 0 amide bonds. The van der Waals surface area contributed by atoms with E-state index < -0.39 is 0 Å². The second-order valence-electron chi connectivity index (χ2n) is 18.0. The highest BCUT2D eigenvalue weighted by molar-refractivity contribution is 5.71.